The predicted octanol–water partition coefficient (Wildman–Crippen LogP) is 3.28. The van der Waals surface area contributed by atoms with E-state index in [0.29, 0.717) is 5.75 Å². The number of hydrogen-bond donors (Lipinski definition) is 0. The Labute approximate surface area is 141 Å². The number of halogens is 3. The highest BCUT2D eigenvalue weighted by molar-refractivity contribution is 6.05. The van der Waals surface area contributed by atoms with Crippen LogP contribution in [0.3, 0.4) is 0 Å². The fourth-order valence-corrected chi connectivity index (χ4v) is 2.25. The zero-order valence-corrected chi connectivity index (χ0v) is 13.7. The average molecular weight is 356 g/mol. The molecule has 0 saturated heterocycles. The monoisotopic (exact) mass is 356 g/mol. The van der Waals surface area contributed by atoms with Crippen molar-refractivity contribution < 1.29 is 32.2 Å². The van der Waals surface area contributed by atoms with Gasteiger partial charge in [0.15, 0.2) is 17.2 Å². The molecule has 0 radical (unpaired) electrons. The molecule has 9 heteroatoms. The molecule has 1 aromatic carbocycles. The first-order valence-electron chi connectivity index (χ1n) is 7.23. The van der Waals surface area contributed by atoms with Crippen LogP contribution in [0, 0.1) is 0 Å². The van der Waals surface area contributed by atoms with Crippen LogP contribution in [0.5, 0.6) is 5.75 Å². The van der Waals surface area contributed by atoms with Crippen LogP contribution in [0.15, 0.2) is 24.3 Å². The lowest BCUT2D eigenvalue weighted by atomic mass is 10.1. The Morgan fingerprint density at radius 3 is 2.24 bits per heavy atom. The Balaban J connectivity index is 2.76. The van der Waals surface area contributed by atoms with Gasteiger partial charge in [-0.3, -0.25) is 4.79 Å². The van der Waals surface area contributed by atoms with E-state index in [-0.39, 0.29) is 12.3 Å². The summed E-state index contributed by atoms with van der Waals surface area (Å²) < 4.78 is 50.4. The van der Waals surface area contributed by atoms with Crippen LogP contribution in [0.25, 0.3) is 5.69 Å². The number of ether oxygens (including phenoxy) is 2. The fourth-order valence-electron chi connectivity index (χ4n) is 2.25. The van der Waals surface area contributed by atoms with Crippen LogP contribution in [0.4, 0.5) is 13.2 Å². The minimum absolute atomic E-state index is 0.0642. The number of esters is 1. The first-order valence-corrected chi connectivity index (χ1v) is 7.23. The number of benzene rings is 1. The van der Waals surface area contributed by atoms with E-state index in [9.17, 15) is 22.8 Å². The van der Waals surface area contributed by atoms with Gasteiger partial charge in [0, 0.05) is 0 Å². The van der Waals surface area contributed by atoms with Gasteiger partial charge >= 0.3 is 12.1 Å². The third-order valence-corrected chi connectivity index (χ3v) is 3.29. The highest BCUT2D eigenvalue weighted by Gasteiger charge is 2.42. The van der Waals surface area contributed by atoms with Crippen molar-refractivity contribution in [2.75, 3.05) is 13.7 Å². The lowest BCUT2D eigenvalue weighted by Gasteiger charge is -2.08. The Bertz CT molecular complexity index is 795. The quantitative estimate of drug-likeness (QED) is 0.607. The maximum Gasteiger partial charge on any atom is 0.435 e. The summed E-state index contributed by atoms with van der Waals surface area (Å²) in [5, 5.41) is 3.46. The van der Waals surface area contributed by atoms with Crippen LogP contribution in [-0.2, 0) is 10.9 Å². The van der Waals surface area contributed by atoms with E-state index in [2.05, 4.69) is 5.10 Å². The van der Waals surface area contributed by atoms with Crippen molar-refractivity contribution in [1.82, 2.24) is 9.78 Å². The van der Waals surface area contributed by atoms with Crippen molar-refractivity contribution >= 4 is 11.8 Å². The van der Waals surface area contributed by atoms with Crippen molar-refractivity contribution in [1.29, 1.82) is 0 Å². The third kappa shape index (κ3) is 3.65. The van der Waals surface area contributed by atoms with Crippen molar-refractivity contribution in [2.24, 2.45) is 0 Å². The van der Waals surface area contributed by atoms with Gasteiger partial charge in [0.05, 0.1) is 25.0 Å². The minimum Gasteiger partial charge on any atom is -0.497 e. The summed E-state index contributed by atoms with van der Waals surface area (Å²) in [4.78, 5) is 24.0. The molecular formula is C16H15F3N2O4. The van der Waals surface area contributed by atoms with E-state index in [4.69, 9.17) is 9.47 Å². The smallest absolute Gasteiger partial charge is 0.435 e. The van der Waals surface area contributed by atoms with E-state index in [1.165, 1.54) is 38.3 Å². The molecular weight excluding hydrogens is 341 g/mol. The molecule has 0 fully saturated rings. The number of hydrogen-bond acceptors (Lipinski definition) is 5. The van der Waals surface area contributed by atoms with Crippen LogP contribution >= 0.6 is 0 Å². The van der Waals surface area contributed by atoms with Crippen molar-refractivity contribution in [3.63, 3.8) is 0 Å². The van der Waals surface area contributed by atoms with Crippen molar-refractivity contribution in [2.45, 2.75) is 20.0 Å². The molecule has 0 atom stereocenters. The summed E-state index contributed by atoms with van der Waals surface area (Å²) >= 11 is 0. The van der Waals surface area contributed by atoms with Gasteiger partial charge in [-0.05, 0) is 38.1 Å². The van der Waals surface area contributed by atoms with Gasteiger partial charge in [-0.2, -0.15) is 18.3 Å². The van der Waals surface area contributed by atoms with Gasteiger partial charge in [0.2, 0.25) is 0 Å². The topological polar surface area (TPSA) is 70.4 Å². The fraction of sp³-hybridized carbons (Fsp3) is 0.312. The van der Waals surface area contributed by atoms with Crippen molar-refractivity contribution in [3.05, 3.63) is 41.2 Å². The highest BCUT2D eigenvalue weighted by atomic mass is 19.4. The van der Waals surface area contributed by atoms with Crippen LogP contribution in [-0.4, -0.2) is 35.2 Å². The molecule has 0 aliphatic rings. The number of carbonyl (C=O) groups excluding carboxylic acids is 2. The maximum atomic E-state index is 13.3. The van der Waals surface area contributed by atoms with E-state index in [1.54, 1.807) is 0 Å². The van der Waals surface area contributed by atoms with Gasteiger partial charge in [-0.15, -0.1) is 0 Å². The van der Waals surface area contributed by atoms with Gasteiger partial charge < -0.3 is 9.47 Å². The molecule has 0 amide bonds. The number of nitrogens with zero attached hydrogens (tertiary/aromatic N) is 2. The molecule has 2 rings (SSSR count). The number of ketones is 1. The summed E-state index contributed by atoms with van der Waals surface area (Å²) in [6.45, 7) is 2.38. The first-order chi connectivity index (χ1) is 11.7. The zero-order valence-electron chi connectivity index (χ0n) is 13.7. The molecule has 0 aliphatic heterocycles. The largest absolute Gasteiger partial charge is 0.497 e. The van der Waals surface area contributed by atoms with Crippen molar-refractivity contribution in [3.8, 4) is 11.4 Å². The number of rotatable bonds is 5. The van der Waals surface area contributed by atoms with E-state index in [1.807, 2.05) is 0 Å². The summed E-state index contributed by atoms with van der Waals surface area (Å²) in [6, 6.07) is 5.82. The van der Waals surface area contributed by atoms with E-state index < -0.39 is 34.9 Å². The standard InChI is InChI=1S/C16H15F3N2O4/c1-4-25-15(23)13-12(9(2)22)14(16(17,18)19)20-21(13)10-5-7-11(24-3)8-6-10/h5-8H,4H2,1-3H3. The van der Waals surface area contributed by atoms with Gasteiger partial charge in [-0.1, -0.05) is 0 Å². The second-order valence-electron chi connectivity index (χ2n) is 4.96. The highest BCUT2D eigenvalue weighted by Crippen LogP contribution is 2.34. The number of Topliss-reactive ketones (excluding diaryl/α,β-unsaturated/α-hetero) is 1. The number of carbonyl (C=O) groups is 2. The Morgan fingerprint density at radius 2 is 1.80 bits per heavy atom. The van der Waals surface area contributed by atoms with Gasteiger partial charge in [0.1, 0.15) is 5.75 Å². The SMILES string of the molecule is CCOC(=O)c1c(C(C)=O)c(C(F)(F)F)nn1-c1ccc(OC)cc1. The summed E-state index contributed by atoms with van der Waals surface area (Å²) in [5.74, 6) is -1.53. The minimum atomic E-state index is -4.90. The van der Waals surface area contributed by atoms with Gasteiger partial charge in [0.25, 0.3) is 0 Å². The third-order valence-electron chi connectivity index (χ3n) is 3.29. The molecule has 0 saturated carbocycles. The van der Waals surface area contributed by atoms with Crippen LogP contribution in [0.1, 0.15) is 40.4 Å². The van der Waals surface area contributed by atoms with E-state index in [0.717, 1.165) is 11.6 Å². The normalized spacial score (nSPS) is 11.3. The molecule has 25 heavy (non-hydrogen) atoms. The Kier molecular flexibility index (Phi) is 5.15. The second kappa shape index (κ2) is 6.96. The average Bonchev–Trinajstić information content (AvgIpc) is 2.96. The molecule has 0 spiro atoms. The lowest BCUT2D eigenvalue weighted by Crippen LogP contribution is -2.16. The van der Waals surface area contributed by atoms with Crippen LogP contribution in [0.2, 0.25) is 0 Å². The molecule has 0 aliphatic carbocycles. The summed E-state index contributed by atoms with van der Waals surface area (Å²) in [7, 11) is 1.43. The van der Waals surface area contributed by atoms with Crippen LogP contribution < -0.4 is 4.74 Å². The van der Waals surface area contributed by atoms with E-state index >= 15 is 0 Å². The summed E-state index contributed by atoms with van der Waals surface area (Å²) in [5.41, 5.74) is -2.66. The lowest BCUT2D eigenvalue weighted by molar-refractivity contribution is -0.141. The van der Waals surface area contributed by atoms with Gasteiger partial charge in [-0.25, -0.2) is 9.48 Å². The molecule has 0 unspecified atom stereocenters. The number of alkyl halides is 3. The second-order valence-corrected chi connectivity index (χ2v) is 4.96. The molecule has 2 aromatic rings. The maximum absolute atomic E-state index is 13.3. The Hall–Kier alpha value is -2.84. The summed E-state index contributed by atoms with van der Waals surface area (Å²) in [6.07, 6.45) is -4.90. The number of aromatic nitrogens is 2. The number of methoxy groups -OCH3 is 1. The predicted molar refractivity (Wildman–Crippen MR) is 81.1 cm³/mol. The molecule has 134 valence electrons. The molecule has 1 heterocycles. The first kappa shape index (κ1) is 18.5. The zero-order chi connectivity index (χ0) is 18.8. The molecule has 1 aromatic heterocycles. The molecule has 0 N–H and O–H groups in total. The Morgan fingerprint density at radius 1 is 1.20 bits per heavy atom. The molecule has 6 nitrogen and oxygen atoms in total. The molecule has 0 bridgehead atoms.